The molecular formula is C9H15N3O. The topological polar surface area (TPSA) is 44.4 Å². The van der Waals surface area contributed by atoms with E-state index < -0.39 is 0 Å². The zero-order chi connectivity index (χ0) is 10.1. The largest absolute Gasteiger partial charge is 0.274 e. The minimum absolute atomic E-state index is 0.247. The second-order valence-corrected chi connectivity index (χ2v) is 2.18. The van der Waals surface area contributed by atoms with Gasteiger partial charge in [0.2, 0.25) is 0 Å². The number of hydrazine groups is 2. The Morgan fingerprint density at radius 3 is 1.92 bits per heavy atom. The molecule has 0 saturated carbocycles. The van der Waals surface area contributed by atoms with Crippen molar-refractivity contribution in [3.8, 4) is 0 Å². The number of amides is 1. The molecule has 0 rings (SSSR count). The van der Waals surface area contributed by atoms with Gasteiger partial charge in [-0.3, -0.25) is 4.79 Å². The van der Waals surface area contributed by atoms with Gasteiger partial charge in [-0.1, -0.05) is 18.7 Å². The quantitative estimate of drug-likeness (QED) is 0.339. The summed E-state index contributed by atoms with van der Waals surface area (Å²) >= 11 is 0. The number of carbonyl (C=O) groups excluding carboxylic acids is 1. The SMILES string of the molecule is C=CCNN(NCC=C)C(=O)C=C. The molecule has 0 aliphatic rings. The number of carbonyl (C=O) groups is 1. The normalized spacial score (nSPS) is 8.92. The van der Waals surface area contributed by atoms with Gasteiger partial charge in [-0.2, -0.15) is 0 Å². The first-order valence-corrected chi connectivity index (χ1v) is 3.91. The Labute approximate surface area is 78.6 Å². The highest BCUT2D eigenvalue weighted by Crippen LogP contribution is 1.80. The Kier molecular flexibility index (Phi) is 6.49. The first-order valence-electron chi connectivity index (χ1n) is 3.91. The van der Waals surface area contributed by atoms with E-state index >= 15 is 0 Å². The Morgan fingerprint density at radius 2 is 1.62 bits per heavy atom. The van der Waals surface area contributed by atoms with Gasteiger partial charge in [0.15, 0.2) is 0 Å². The maximum absolute atomic E-state index is 11.1. The second-order valence-electron chi connectivity index (χ2n) is 2.18. The van der Waals surface area contributed by atoms with Crippen molar-refractivity contribution in [1.29, 1.82) is 0 Å². The maximum Gasteiger partial charge on any atom is 0.274 e. The fourth-order valence-electron chi connectivity index (χ4n) is 0.615. The molecule has 0 aromatic heterocycles. The summed E-state index contributed by atoms with van der Waals surface area (Å²) in [7, 11) is 0. The van der Waals surface area contributed by atoms with Gasteiger partial charge >= 0.3 is 0 Å². The smallest absolute Gasteiger partial charge is 0.267 e. The van der Waals surface area contributed by atoms with Gasteiger partial charge in [0, 0.05) is 13.1 Å². The van der Waals surface area contributed by atoms with Crippen LogP contribution in [0.3, 0.4) is 0 Å². The molecule has 0 saturated heterocycles. The highest BCUT2D eigenvalue weighted by atomic mass is 16.2. The van der Waals surface area contributed by atoms with Gasteiger partial charge in [0.1, 0.15) is 0 Å². The molecule has 2 N–H and O–H groups in total. The molecule has 0 fully saturated rings. The molecule has 72 valence electrons. The Morgan fingerprint density at radius 1 is 1.15 bits per heavy atom. The maximum atomic E-state index is 11.1. The third-order valence-corrected chi connectivity index (χ3v) is 1.18. The standard InChI is InChI=1S/C9H15N3O/c1-4-7-10-12(9(13)6-3)11-8-5-2/h4-6,10-11H,1-3,7-8H2. The van der Waals surface area contributed by atoms with E-state index in [0.717, 1.165) is 0 Å². The van der Waals surface area contributed by atoms with E-state index in [4.69, 9.17) is 0 Å². The highest BCUT2D eigenvalue weighted by molar-refractivity contribution is 5.86. The van der Waals surface area contributed by atoms with Crippen LogP contribution in [-0.4, -0.2) is 24.1 Å². The van der Waals surface area contributed by atoms with Crippen molar-refractivity contribution in [2.45, 2.75) is 0 Å². The van der Waals surface area contributed by atoms with Crippen LogP contribution in [0.4, 0.5) is 0 Å². The first kappa shape index (κ1) is 11.6. The van der Waals surface area contributed by atoms with Crippen LogP contribution in [0.15, 0.2) is 38.0 Å². The van der Waals surface area contributed by atoms with Gasteiger partial charge in [-0.15, -0.1) is 13.2 Å². The Balaban J connectivity index is 4.00. The molecule has 0 aromatic rings. The fourth-order valence-corrected chi connectivity index (χ4v) is 0.615. The first-order chi connectivity index (χ1) is 6.26. The minimum Gasteiger partial charge on any atom is -0.267 e. The van der Waals surface area contributed by atoms with Crippen LogP contribution in [0, 0.1) is 0 Å². The predicted molar refractivity (Wildman–Crippen MR) is 53.4 cm³/mol. The Hall–Kier alpha value is -1.39. The molecule has 0 aliphatic carbocycles. The third-order valence-electron chi connectivity index (χ3n) is 1.18. The lowest BCUT2D eigenvalue weighted by atomic mass is 10.6. The average molecular weight is 181 g/mol. The fraction of sp³-hybridized carbons (Fsp3) is 0.222. The molecule has 4 heteroatoms. The molecule has 0 unspecified atom stereocenters. The summed E-state index contributed by atoms with van der Waals surface area (Å²) < 4.78 is 0. The van der Waals surface area contributed by atoms with Crippen LogP contribution in [0.5, 0.6) is 0 Å². The Bertz CT molecular complexity index is 189. The minimum atomic E-state index is -0.247. The molecule has 0 bridgehead atoms. The van der Waals surface area contributed by atoms with Gasteiger partial charge in [0.25, 0.3) is 5.91 Å². The van der Waals surface area contributed by atoms with E-state index in [0.29, 0.717) is 13.1 Å². The summed E-state index contributed by atoms with van der Waals surface area (Å²) in [6, 6.07) is 0. The van der Waals surface area contributed by atoms with Gasteiger partial charge in [0.05, 0.1) is 0 Å². The van der Waals surface area contributed by atoms with Gasteiger partial charge < -0.3 is 0 Å². The van der Waals surface area contributed by atoms with Crippen LogP contribution in [-0.2, 0) is 4.79 Å². The van der Waals surface area contributed by atoms with E-state index in [9.17, 15) is 4.79 Å². The molecule has 4 nitrogen and oxygen atoms in total. The highest BCUT2D eigenvalue weighted by Gasteiger charge is 2.05. The van der Waals surface area contributed by atoms with Crippen LogP contribution in [0.1, 0.15) is 0 Å². The molecule has 0 radical (unpaired) electrons. The second kappa shape index (κ2) is 7.27. The average Bonchev–Trinajstić information content (AvgIpc) is 2.17. The number of nitrogens with zero attached hydrogens (tertiary/aromatic N) is 1. The zero-order valence-corrected chi connectivity index (χ0v) is 7.62. The summed E-state index contributed by atoms with van der Waals surface area (Å²) in [6.07, 6.45) is 4.52. The number of nitrogens with one attached hydrogen (secondary N) is 2. The zero-order valence-electron chi connectivity index (χ0n) is 7.62. The van der Waals surface area contributed by atoms with Crippen LogP contribution in [0.25, 0.3) is 0 Å². The van der Waals surface area contributed by atoms with Crippen molar-refractivity contribution in [2.24, 2.45) is 0 Å². The van der Waals surface area contributed by atoms with Gasteiger partial charge in [-0.05, 0) is 6.08 Å². The molecule has 1 amide bonds. The number of rotatable bonds is 7. The lowest BCUT2D eigenvalue weighted by Gasteiger charge is -2.20. The molecule has 0 aromatic carbocycles. The van der Waals surface area contributed by atoms with Crippen LogP contribution < -0.4 is 10.9 Å². The third kappa shape index (κ3) is 4.95. The van der Waals surface area contributed by atoms with Crippen molar-refractivity contribution >= 4 is 5.91 Å². The number of hydrogen-bond acceptors (Lipinski definition) is 3. The van der Waals surface area contributed by atoms with E-state index in [1.807, 2.05) is 0 Å². The summed E-state index contributed by atoms with van der Waals surface area (Å²) in [5, 5.41) is 1.25. The summed E-state index contributed by atoms with van der Waals surface area (Å²) in [6.45, 7) is 11.4. The van der Waals surface area contributed by atoms with E-state index in [2.05, 4.69) is 30.6 Å². The molecule has 0 spiro atoms. The monoisotopic (exact) mass is 181 g/mol. The summed E-state index contributed by atoms with van der Waals surface area (Å²) in [5.74, 6) is -0.247. The van der Waals surface area contributed by atoms with Crippen molar-refractivity contribution in [3.05, 3.63) is 38.0 Å². The van der Waals surface area contributed by atoms with E-state index in [1.54, 1.807) is 12.2 Å². The summed E-state index contributed by atoms with van der Waals surface area (Å²) in [4.78, 5) is 11.1. The van der Waals surface area contributed by atoms with E-state index in [-0.39, 0.29) is 5.91 Å². The molecule has 0 aliphatic heterocycles. The molecule has 13 heavy (non-hydrogen) atoms. The van der Waals surface area contributed by atoms with E-state index in [1.165, 1.54) is 11.2 Å². The molecule has 0 heterocycles. The van der Waals surface area contributed by atoms with Crippen molar-refractivity contribution in [3.63, 3.8) is 0 Å². The molecular weight excluding hydrogens is 166 g/mol. The number of hydrogen-bond donors (Lipinski definition) is 2. The predicted octanol–water partition coefficient (Wildman–Crippen LogP) is 0.382. The van der Waals surface area contributed by atoms with Crippen LogP contribution in [0.2, 0.25) is 0 Å². The summed E-state index contributed by atoms with van der Waals surface area (Å²) in [5.41, 5.74) is 5.58. The van der Waals surface area contributed by atoms with Crippen LogP contribution >= 0.6 is 0 Å². The molecule has 0 atom stereocenters. The van der Waals surface area contributed by atoms with Crippen molar-refractivity contribution < 1.29 is 4.79 Å². The lowest BCUT2D eigenvalue weighted by Crippen LogP contribution is -2.51. The van der Waals surface area contributed by atoms with Crippen molar-refractivity contribution in [1.82, 2.24) is 16.0 Å². The van der Waals surface area contributed by atoms with Gasteiger partial charge in [-0.25, -0.2) is 16.0 Å². The van der Waals surface area contributed by atoms with Crippen molar-refractivity contribution in [2.75, 3.05) is 13.1 Å². The lowest BCUT2D eigenvalue weighted by molar-refractivity contribution is -0.132.